The third kappa shape index (κ3) is 4.87. The molecule has 4 rings (SSSR count). The van der Waals surface area contributed by atoms with E-state index in [1.165, 1.54) is 0 Å². The summed E-state index contributed by atoms with van der Waals surface area (Å²) >= 11 is 0. The van der Waals surface area contributed by atoms with Crippen LogP contribution in [0.2, 0.25) is 0 Å². The SMILES string of the molecule is Cc1nc(NNC(=O)[C@@H](CNC(=O)O)CC2CCCC2)c(F)c(N2CC(O)C3(CC3)C2)n1. The van der Waals surface area contributed by atoms with Gasteiger partial charge in [-0.15, -0.1) is 0 Å². The Bertz CT molecular complexity index is 874. The lowest BCUT2D eigenvalue weighted by atomic mass is 9.92. The minimum Gasteiger partial charge on any atom is -0.465 e. The van der Waals surface area contributed by atoms with Crippen LogP contribution in [0.3, 0.4) is 0 Å². The molecular formula is C21H31FN6O4. The number of aromatic nitrogens is 2. The molecule has 10 nitrogen and oxygen atoms in total. The fraction of sp³-hybridized carbons (Fsp3) is 0.714. The fourth-order valence-electron chi connectivity index (χ4n) is 4.97. The number of hydrazine groups is 1. The van der Waals surface area contributed by atoms with Crippen LogP contribution in [0.5, 0.6) is 0 Å². The molecule has 2 atom stereocenters. The monoisotopic (exact) mass is 450 g/mol. The summed E-state index contributed by atoms with van der Waals surface area (Å²) in [5.41, 5.74) is 4.91. The van der Waals surface area contributed by atoms with Crippen LogP contribution in [-0.2, 0) is 4.79 Å². The number of carboxylic acid groups (broad SMARTS) is 1. The molecule has 2 saturated carbocycles. The normalized spacial score (nSPS) is 22.7. The number of halogens is 1. The van der Waals surface area contributed by atoms with Crippen molar-refractivity contribution in [1.29, 1.82) is 0 Å². The van der Waals surface area contributed by atoms with Crippen LogP contribution in [0.1, 0.15) is 50.8 Å². The first-order valence-corrected chi connectivity index (χ1v) is 11.3. The molecule has 11 heteroatoms. The van der Waals surface area contributed by atoms with Crippen molar-refractivity contribution in [2.24, 2.45) is 17.3 Å². The molecule has 1 aromatic heterocycles. The van der Waals surface area contributed by atoms with Gasteiger partial charge in [0.15, 0.2) is 11.6 Å². The van der Waals surface area contributed by atoms with E-state index in [1.54, 1.807) is 11.8 Å². The average Bonchev–Trinajstić information content (AvgIpc) is 3.20. The highest BCUT2D eigenvalue weighted by Crippen LogP contribution is 2.53. The van der Waals surface area contributed by atoms with Crippen LogP contribution in [-0.4, -0.2) is 57.9 Å². The Kier molecular flexibility index (Phi) is 6.36. The van der Waals surface area contributed by atoms with E-state index in [0.29, 0.717) is 31.3 Å². The standard InChI is InChI=1S/C21H31FN6O4/c1-12-24-17(16(22)18(25-12)28-10-15(29)21(11-28)6-7-21)26-27-19(30)14(9-23-20(31)32)8-13-4-2-3-5-13/h13-15,23,29H,2-11H2,1H3,(H,27,30)(H,31,32)(H,24,25,26)/t14-,15?/m1/s1. The van der Waals surface area contributed by atoms with Gasteiger partial charge >= 0.3 is 6.09 Å². The van der Waals surface area contributed by atoms with E-state index < -0.39 is 29.8 Å². The average molecular weight is 451 g/mol. The Morgan fingerprint density at radius 3 is 2.62 bits per heavy atom. The number of aliphatic hydroxyl groups is 1. The highest BCUT2D eigenvalue weighted by Gasteiger charge is 2.55. The lowest BCUT2D eigenvalue weighted by Crippen LogP contribution is -2.42. The summed E-state index contributed by atoms with van der Waals surface area (Å²) in [6, 6.07) is 0. The van der Waals surface area contributed by atoms with Gasteiger partial charge < -0.3 is 20.4 Å². The van der Waals surface area contributed by atoms with Gasteiger partial charge in [0.2, 0.25) is 11.7 Å². The Labute approximate surface area is 186 Å². The van der Waals surface area contributed by atoms with Gasteiger partial charge in [0.25, 0.3) is 0 Å². The molecule has 1 aliphatic heterocycles. The number of hydrogen-bond acceptors (Lipinski definition) is 7. The Morgan fingerprint density at radius 2 is 2.00 bits per heavy atom. The largest absolute Gasteiger partial charge is 0.465 e. The summed E-state index contributed by atoms with van der Waals surface area (Å²) in [6.07, 6.45) is 4.99. The topological polar surface area (TPSA) is 140 Å². The summed E-state index contributed by atoms with van der Waals surface area (Å²) in [4.78, 5) is 33.7. The molecule has 1 unspecified atom stereocenters. The molecule has 0 radical (unpaired) electrons. The van der Waals surface area contributed by atoms with Gasteiger partial charge in [0, 0.05) is 25.0 Å². The molecule has 3 fully saturated rings. The first-order chi connectivity index (χ1) is 15.3. The molecule has 5 N–H and O–H groups in total. The van der Waals surface area contributed by atoms with Crippen molar-refractivity contribution in [2.75, 3.05) is 30.0 Å². The third-order valence-corrected chi connectivity index (χ3v) is 7.01. The Morgan fingerprint density at radius 1 is 1.28 bits per heavy atom. The number of carbonyl (C=O) groups excluding carboxylic acids is 1. The first kappa shape index (κ1) is 22.5. The molecule has 176 valence electrons. The van der Waals surface area contributed by atoms with E-state index in [-0.39, 0.29) is 23.6 Å². The van der Waals surface area contributed by atoms with Gasteiger partial charge in [0.1, 0.15) is 5.82 Å². The van der Waals surface area contributed by atoms with Gasteiger partial charge in [-0.1, -0.05) is 25.7 Å². The van der Waals surface area contributed by atoms with E-state index in [9.17, 15) is 14.7 Å². The van der Waals surface area contributed by atoms with E-state index in [1.807, 2.05) is 0 Å². The molecule has 32 heavy (non-hydrogen) atoms. The number of nitrogens with one attached hydrogen (secondary N) is 3. The maximum Gasteiger partial charge on any atom is 0.404 e. The highest BCUT2D eigenvalue weighted by atomic mass is 19.1. The van der Waals surface area contributed by atoms with Crippen molar-refractivity contribution in [3.63, 3.8) is 0 Å². The minimum absolute atomic E-state index is 0.0103. The van der Waals surface area contributed by atoms with Crippen LogP contribution < -0.4 is 21.1 Å². The van der Waals surface area contributed by atoms with Crippen molar-refractivity contribution in [3.8, 4) is 0 Å². The smallest absolute Gasteiger partial charge is 0.404 e. The molecule has 2 aliphatic carbocycles. The van der Waals surface area contributed by atoms with Crippen LogP contribution in [0.4, 0.5) is 20.8 Å². The third-order valence-electron chi connectivity index (χ3n) is 7.01. The minimum atomic E-state index is -1.19. The number of carbonyl (C=O) groups is 2. The molecule has 0 bridgehead atoms. The lowest BCUT2D eigenvalue weighted by Gasteiger charge is -2.22. The van der Waals surface area contributed by atoms with E-state index in [0.717, 1.165) is 38.5 Å². The second kappa shape index (κ2) is 9.05. The van der Waals surface area contributed by atoms with Gasteiger partial charge in [-0.2, -0.15) is 4.39 Å². The van der Waals surface area contributed by atoms with E-state index >= 15 is 4.39 Å². The summed E-state index contributed by atoms with van der Waals surface area (Å²) in [6.45, 7) is 2.47. The molecule has 0 aromatic carbocycles. The van der Waals surface area contributed by atoms with Crippen molar-refractivity contribution in [2.45, 2.75) is 58.0 Å². The first-order valence-electron chi connectivity index (χ1n) is 11.3. The molecule has 1 saturated heterocycles. The molecule has 1 spiro atoms. The zero-order chi connectivity index (χ0) is 22.9. The number of hydrogen-bond donors (Lipinski definition) is 5. The van der Waals surface area contributed by atoms with E-state index in [2.05, 4.69) is 26.1 Å². The second-order valence-corrected chi connectivity index (χ2v) is 9.40. The van der Waals surface area contributed by atoms with Crippen LogP contribution in [0.15, 0.2) is 0 Å². The predicted octanol–water partition coefficient (Wildman–Crippen LogP) is 1.79. The van der Waals surface area contributed by atoms with Gasteiger partial charge in [-0.3, -0.25) is 15.6 Å². The molecule has 2 heterocycles. The molecule has 3 aliphatic rings. The zero-order valence-electron chi connectivity index (χ0n) is 18.2. The van der Waals surface area contributed by atoms with Crippen molar-refractivity contribution in [1.82, 2.24) is 20.7 Å². The number of aliphatic hydroxyl groups excluding tert-OH is 1. The van der Waals surface area contributed by atoms with Crippen molar-refractivity contribution in [3.05, 3.63) is 11.6 Å². The predicted molar refractivity (Wildman–Crippen MR) is 114 cm³/mol. The van der Waals surface area contributed by atoms with Crippen LogP contribution in [0.25, 0.3) is 0 Å². The van der Waals surface area contributed by atoms with Gasteiger partial charge in [-0.25, -0.2) is 14.8 Å². The highest BCUT2D eigenvalue weighted by molar-refractivity contribution is 5.80. The Balaban J connectivity index is 1.42. The summed E-state index contributed by atoms with van der Waals surface area (Å²) < 4.78 is 15.2. The van der Waals surface area contributed by atoms with Crippen LogP contribution in [0, 0.1) is 30.0 Å². The lowest BCUT2D eigenvalue weighted by molar-refractivity contribution is -0.124. The summed E-state index contributed by atoms with van der Waals surface area (Å²) in [7, 11) is 0. The Hall–Kier alpha value is -2.69. The number of aryl methyl sites for hydroxylation is 1. The van der Waals surface area contributed by atoms with Crippen molar-refractivity contribution >= 4 is 23.6 Å². The number of β-amino-alcohol motifs (C(OH)–C–C–N with tert-alkyl or cyclic N) is 1. The number of rotatable bonds is 8. The molecule has 2 amide bonds. The van der Waals surface area contributed by atoms with E-state index in [4.69, 9.17) is 5.11 Å². The quantitative estimate of drug-likeness (QED) is 0.378. The molecule has 1 aromatic rings. The number of nitrogens with zero attached hydrogens (tertiary/aromatic N) is 3. The number of amides is 2. The maximum absolute atomic E-state index is 15.2. The number of anilines is 2. The molecular weight excluding hydrogens is 419 g/mol. The maximum atomic E-state index is 15.2. The summed E-state index contributed by atoms with van der Waals surface area (Å²) in [5.74, 6) is -1.03. The summed E-state index contributed by atoms with van der Waals surface area (Å²) in [5, 5.41) is 21.5. The van der Waals surface area contributed by atoms with Gasteiger partial charge in [-0.05, 0) is 32.1 Å². The fourth-order valence-corrected chi connectivity index (χ4v) is 4.97. The van der Waals surface area contributed by atoms with Crippen LogP contribution >= 0.6 is 0 Å². The van der Waals surface area contributed by atoms with Gasteiger partial charge in [0.05, 0.1) is 12.0 Å². The second-order valence-electron chi connectivity index (χ2n) is 9.40. The van der Waals surface area contributed by atoms with Crippen molar-refractivity contribution < 1.29 is 24.2 Å². The zero-order valence-corrected chi connectivity index (χ0v) is 18.2.